The van der Waals surface area contributed by atoms with Gasteiger partial charge < -0.3 is 9.64 Å². The van der Waals surface area contributed by atoms with Crippen molar-refractivity contribution in [3.63, 3.8) is 0 Å². The monoisotopic (exact) mass is 246 g/mol. The number of hydrogen-bond donors (Lipinski definition) is 0. The normalized spacial score (nSPS) is 16.5. The van der Waals surface area contributed by atoms with Crippen LogP contribution in [0.25, 0.3) is 5.65 Å². The second-order valence-corrected chi connectivity index (χ2v) is 4.69. The highest BCUT2D eigenvalue weighted by Crippen LogP contribution is 2.18. The highest BCUT2D eigenvalue weighted by Gasteiger charge is 2.14. The Kier molecular flexibility index (Phi) is 3.15. The molecule has 0 bridgehead atoms. The minimum absolute atomic E-state index is 0.775. The average Bonchev–Trinajstić information content (AvgIpc) is 3.05. The van der Waals surface area contributed by atoms with Crippen molar-refractivity contribution >= 4 is 5.65 Å². The van der Waals surface area contributed by atoms with Gasteiger partial charge in [-0.2, -0.15) is 0 Å². The lowest BCUT2D eigenvalue weighted by Crippen LogP contribution is -2.22. The molecule has 0 unspecified atom stereocenters. The molecule has 1 fully saturated rings. The molecule has 5 nitrogen and oxygen atoms in total. The van der Waals surface area contributed by atoms with E-state index in [4.69, 9.17) is 4.74 Å². The Bertz CT molecular complexity index is 531. The number of aromatic nitrogens is 3. The van der Waals surface area contributed by atoms with Crippen LogP contribution >= 0.6 is 0 Å². The number of methoxy groups -OCH3 is 1. The van der Waals surface area contributed by atoms with Crippen LogP contribution in [0.5, 0.6) is 5.75 Å². The number of fused-ring (bicyclic) bond motifs is 1. The molecule has 0 radical (unpaired) electrons. The fourth-order valence-corrected chi connectivity index (χ4v) is 2.53. The molecule has 0 aliphatic carbocycles. The smallest absolute Gasteiger partial charge is 0.203 e. The molecule has 0 atom stereocenters. The lowest BCUT2D eigenvalue weighted by atomic mass is 10.3. The maximum absolute atomic E-state index is 5.28. The Morgan fingerprint density at radius 1 is 1.28 bits per heavy atom. The quantitative estimate of drug-likeness (QED) is 0.817. The molecule has 0 N–H and O–H groups in total. The first-order valence-electron chi connectivity index (χ1n) is 6.47. The van der Waals surface area contributed by atoms with Gasteiger partial charge in [0.1, 0.15) is 5.82 Å². The third-order valence-corrected chi connectivity index (χ3v) is 3.54. The van der Waals surface area contributed by atoms with Crippen molar-refractivity contribution in [2.24, 2.45) is 0 Å². The van der Waals surface area contributed by atoms with Crippen LogP contribution in [-0.2, 0) is 6.42 Å². The van der Waals surface area contributed by atoms with Crippen LogP contribution in [0.3, 0.4) is 0 Å². The van der Waals surface area contributed by atoms with Crippen LogP contribution < -0.4 is 4.74 Å². The SMILES string of the molecule is COc1cccn2c(CCN3CCCC3)nnc12. The second kappa shape index (κ2) is 4.94. The van der Waals surface area contributed by atoms with Crippen molar-refractivity contribution in [1.29, 1.82) is 0 Å². The van der Waals surface area contributed by atoms with Gasteiger partial charge in [0.2, 0.25) is 5.65 Å². The van der Waals surface area contributed by atoms with Crippen LogP contribution in [0.15, 0.2) is 18.3 Å². The molecule has 0 aromatic carbocycles. The summed E-state index contributed by atoms with van der Waals surface area (Å²) in [6.07, 6.45) is 5.59. The third-order valence-electron chi connectivity index (χ3n) is 3.54. The minimum Gasteiger partial charge on any atom is -0.493 e. The number of pyridine rings is 1. The lowest BCUT2D eigenvalue weighted by Gasteiger charge is -2.13. The van der Waals surface area contributed by atoms with E-state index in [-0.39, 0.29) is 0 Å². The summed E-state index contributed by atoms with van der Waals surface area (Å²) in [6, 6.07) is 3.88. The van der Waals surface area contributed by atoms with Crippen LogP contribution in [-0.4, -0.2) is 46.2 Å². The van der Waals surface area contributed by atoms with E-state index in [1.54, 1.807) is 7.11 Å². The summed E-state index contributed by atoms with van der Waals surface area (Å²) in [7, 11) is 1.66. The van der Waals surface area contributed by atoms with Gasteiger partial charge in [-0.15, -0.1) is 10.2 Å². The number of likely N-dealkylation sites (tertiary alicyclic amines) is 1. The van der Waals surface area contributed by atoms with Gasteiger partial charge in [-0.25, -0.2) is 0 Å². The molecular formula is C13H18N4O. The van der Waals surface area contributed by atoms with E-state index in [1.807, 2.05) is 22.7 Å². The fraction of sp³-hybridized carbons (Fsp3) is 0.538. The van der Waals surface area contributed by atoms with E-state index in [0.717, 1.165) is 30.2 Å². The third kappa shape index (κ3) is 2.06. The highest BCUT2D eigenvalue weighted by molar-refractivity contribution is 5.53. The first kappa shape index (κ1) is 11.5. The Labute approximate surface area is 106 Å². The second-order valence-electron chi connectivity index (χ2n) is 4.69. The van der Waals surface area contributed by atoms with E-state index in [0.29, 0.717) is 0 Å². The Balaban J connectivity index is 1.79. The highest BCUT2D eigenvalue weighted by atomic mass is 16.5. The maximum Gasteiger partial charge on any atom is 0.203 e. The average molecular weight is 246 g/mol. The summed E-state index contributed by atoms with van der Waals surface area (Å²) < 4.78 is 7.31. The van der Waals surface area contributed by atoms with Gasteiger partial charge in [0, 0.05) is 19.2 Å². The Morgan fingerprint density at radius 2 is 2.11 bits per heavy atom. The number of hydrogen-bond acceptors (Lipinski definition) is 4. The zero-order chi connectivity index (χ0) is 12.4. The van der Waals surface area contributed by atoms with Crippen LogP contribution in [0, 0.1) is 0 Å². The van der Waals surface area contributed by atoms with E-state index in [1.165, 1.54) is 25.9 Å². The summed E-state index contributed by atoms with van der Waals surface area (Å²) in [5.74, 6) is 1.79. The maximum atomic E-state index is 5.28. The zero-order valence-electron chi connectivity index (χ0n) is 10.7. The van der Waals surface area contributed by atoms with E-state index in [9.17, 15) is 0 Å². The summed E-state index contributed by atoms with van der Waals surface area (Å²) >= 11 is 0. The molecule has 1 saturated heterocycles. The standard InChI is InChI=1S/C13H18N4O/c1-18-11-5-4-9-17-12(14-15-13(11)17)6-10-16-7-2-3-8-16/h4-5,9H,2-3,6-8,10H2,1H3. The molecule has 18 heavy (non-hydrogen) atoms. The lowest BCUT2D eigenvalue weighted by molar-refractivity contribution is 0.340. The molecule has 3 rings (SSSR count). The van der Waals surface area contributed by atoms with E-state index < -0.39 is 0 Å². The van der Waals surface area contributed by atoms with Crippen molar-refractivity contribution in [1.82, 2.24) is 19.5 Å². The van der Waals surface area contributed by atoms with Gasteiger partial charge >= 0.3 is 0 Å². The minimum atomic E-state index is 0.775. The molecule has 0 amide bonds. The number of rotatable bonds is 4. The van der Waals surface area contributed by atoms with Gasteiger partial charge in [-0.1, -0.05) is 0 Å². The number of ether oxygens (including phenoxy) is 1. The van der Waals surface area contributed by atoms with Gasteiger partial charge in [0.05, 0.1) is 7.11 Å². The van der Waals surface area contributed by atoms with Crippen molar-refractivity contribution in [2.45, 2.75) is 19.3 Å². The Morgan fingerprint density at radius 3 is 2.89 bits per heavy atom. The molecule has 1 aliphatic heterocycles. The van der Waals surface area contributed by atoms with E-state index in [2.05, 4.69) is 15.1 Å². The van der Waals surface area contributed by atoms with E-state index >= 15 is 0 Å². The number of nitrogens with zero attached hydrogens (tertiary/aromatic N) is 4. The van der Waals surface area contributed by atoms with Gasteiger partial charge in [-0.3, -0.25) is 4.40 Å². The molecule has 1 aliphatic rings. The van der Waals surface area contributed by atoms with Crippen molar-refractivity contribution in [2.75, 3.05) is 26.7 Å². The van der Waals surface area contributed by atoms with Crippen molar-refractivity contribution in [3.05, 3.63) is 24.2 Å². The van der Waals surface area contributed by atoms with Gasteiger partial charge in [-0.05, 0) is 38.1 Å². The van der Waals surface area contributed by atoms with Crippen molar-refractivity contribution in [3.8, 4) is 5.75 Å². The molecule has 96 valence electrons. The largest absolute Gasteiger partial charge is 0.493 e. The molecule has 2 aromatic heterocycles. The molecule has 5 heteroatoms. The summed E-state index contributed by atoms with van der Waals surface area (Å²) in [6.45, 7) is 3.51. The fourth-order valence-electron chi connectivity index (χ4n) is 2.53. The molecule has 0 spiro atoms. The molecule has 2 aromatic rings. The van der Waals surface area contributed by atoms with Gasteiger partial charge in [0.15, 0.2) is 5.75 Å². The zero-order valence-corrected chi connectivity index (χ0v) is 10.7. The molecule has 3 heterocycles. The Hall–Kier alpha value is -1.62. The predicted molar refractivity (Wildman–Crippen MR) is 68.9 cm³/mol. The summed E-state index contributed by atoms with van der Waals surface area (Å²) in [4.78, 5) is 2.49. The first-order valence-corrected chi connectivity index (χ1v) is 6.47. The molecular weight excluding hydrogens is 228 g/mol. The molecule has 0 saturated carbocycles. The van der Waals surface area contributed by atoms with Crippen LogP contribution in [0.1, 0.15) is 18.7 Å². The topological polar surface area (TPSA) is 42.7 Å². The van der Waals surface area contributed by atoms with Gasteiger partial charge in [0.25, 0.3) is 0 Å². The summed E-state index contributed by atoms with van der Waals surface area (Å²) in [5.41, 5.74) is 0.802. The van der Waals surface area contributed by atoms with Crippen LogP contribution in [0.2, 0.25) is 0 Å². The van der Waals surface area contributed by atoms with Crippen molar-refractivity contribution < 1.29 is 4.74 Å². The predicted octanol–water partition coefficient (Wildman–Crippen LogP) is 1.38. The summed E-state index contributed by atoms with van der Waals surface area (Å²) in [5, 5.41) is 8.48. The first-order chi connectivity index (χ1) is 8.88. The van der Waals surface area contributed by atoms with Crippen LogP contribution in [0.4, 0.5) is 0 Å².